The van der Waals surface area contributed by atoms with Gasteiger partial charge in [-0.05, 0) is 31.0 Å². The number of aromatic nitrogens is 2. The number of amides is 1. The first kappa shape index (κ1) is 17.2. The first-order valence-electron chi connectivity index (χ1n) is 8.92. The van der Waals surface area contributed by atoms with Gasteiger partial charge in [-0.25, -0.2) is 4.39 Å². The smallest absolute Gasteiger partial charge is 0.257 e. The highest BCUT2D eigenvalue weighted by atomic mass is 19.1. The summed E-state index contributed by atoms with van der Waals surface area (Å²) in [7, 11) is 0. The predicted molar refractivity (Wildman–Crippen MR) is 92.2 cm³/mol. The van der Waals surface area contributed by atoms with E-state index in [1.165, 1.54) is 12.1 Å². The molecule has 3 heterocycles. The Labute approximate surface area is 151 Å². The largest absolute Gasteiger partial charge is 0.377 e. The highest BCUT2D eigenvalue weighted by molar-refractivity contribution is 5.94. The van der Waals surface area contributed by atoms with E-state index in [4.69, 9.17) is 9.47 Å². The van der Waals surface area contributed by atoms with Gasteiger partial charge in [-0.3, -0.25) is 9.48 Å². The molecule has 6 nitrogen and oxygen atoms in total. The second kappa shape index (κ2) is 7.17. The van der Waals surface area contributed by atoms with Crippen LogP contribution in [0.2, 0.25) is 0 Å². The molecule has 2 fully saturated rings. The first-order valence-corrected chi connectivity index (χ1v) is 8.92. The van der Waals surface area contributed by atoms with Gasteiger partial charge in [-0.2, -0.15) is 5.10 Å². The van der Waals surface area contributed by atoms with Gasteiger partial charge >= 0.3 is 0 Å². The molecule has 1 amide bonds. The van der Waals surface area contributed by atoms with Crippen molar-refractivity contribution >= 4 is 5.91 Å². The Morgan fingerprint density at radius 3 is 3.04 bits per heavy atom. The van der Waals surface area contributed by atoms with Crippen molar-refractivity contribution in [1.82, 2.24) is 14.7 Å². The maximum atomic E-state index is 14.0. The van der Waals surface area contributed by atoms with E-state index < -0.39 is 11.4 Å². The lowest BCUT2D eigenvalue weighted by atomic mass is 9.99. The van der Waals surface area contributed by atoms with E-state index in [2.05, 4.69) is 5.10 Å². The summed E-state index contributed by atoms with van der Waals surface area (Å²) >= 11 is 0. The van der Waals surface area contributed by atoms with Crippen LogP contribution in [-0.4, -0.2) is 58.6 Å². The number of nitrogens with zero attached hydrogens (tertiary/aromatic N) is 3. The minimum Gasteiger partial charge on any atom is -0.377 e. The summed E-state index contributed by atoms with van der Waals surface area (Å²) in [5.41, 5.74) is -0.439. The summed E-state index contributed by atoms with van der Waals surface area (Å²) in [6.45, 7) is 2.40. The van der Waals surface area contributed by atoms with Gasteiger partial charge in [0, 0.05) is 18.9 Å². The van der Waals surface area contributed by atoms with Crippen LogP contribution in [0.5, 0.6) is 0 Å². The average Bonchev–Trinajstić information content (AvgIpc) is 3.23. The molecule has 26 heavy (non-hydrogen) atoms. The summed E-state index contributed by atoms with van der Waals surface area (Å²) in [6, 6.07) is 7.97. The van der Waals surface area contributed by atoms with Gasteiger partial charge in [0.15, 0.2) is 0 Å². The van der Waals surface area contributed by atoms with Crippen molar-refractivity contribution < 1.29 is 18.7 Å². The molecule has 1 spiro atoms. The minimum atomic E-state index is -0.533. The van der Waals surface area contributed by atoms with Gasteiger partial charge < -0.3 is 14.4 Å². The summed E-state index contributed by atoms with van der Waals surface area (Å²) in [5.74, 6) is -0.812. The predicted octanol–water partition coefficient (Wildman–Crippen LogP) is 2.11. The van der Waals surface area contributed by atoms with Gasteiger partial charge in [0.1, 0.15) is 11.4 Å². The molecule has 1 aromatic heterocycles. The summed E-state index contributed by atoms with van der Waals surface area (Å²) in [6.07, 6.45) is 5.37. The van der Waals surface area contributed by atoms with Crippen LogP contribution in [-0.2, 0) is 16.0 Å². The molecule has 0 radical (unpaired) electrons. The van der Waals surface area contributed by atoms with Crippen molar-refractivity contribution in [1.29, 1.82) is 0 Å². The number of hydrogen-bond acceptors (Lipinski definition) is 4. The molecule has 2 saturated heterocycles. The Hall–Kier alpha value is -2.25. The van der Waals surface area contributed by atoms with Gasteiger partial charge in [0.2, 0.25) is 0 Å². The normalized spacial score (nSPS) is 26.2. The molecule has 2 atom stereocenters. The molecule has 4 rings (SSSR count). The SMILES string of the molecule is O=C(c1ccccc1F)N1CCOCC2(CCC(Cn3cccn3)O2)C1. The van der Waals surface area contributed by atoms with Crippen LogP contribution in [0.4, 0.5) is 4.39 Å². The highest BCUT2D eigenvalue weighted by Gasteiger charge is 2.44. The Morgan fingerprint density at radius 1 is 1.35 bits per heavy atom. The molecule has 138 valence electrons. The summed E-state index contributed by atoms with van der Waals surface area (Å²) in [4.78, 5) is 14.5. The zero-order valence-corrected chi connectivity index (χ0v) is 14.5. The lowest BCUT2D eigenvalue weighted by Crippen LogP contribution is -2.47. The van der Waals surface area contributed by atoms with E-state index in [1.807, 2.05) is 16.9 Å². The van der Waals surface area contributed by atoms with E-state index in [1.54, 1.807) is 23.2 Å². The van der Waals surface area contributed by atoms with Crippen molar-refractivity contribution in [3.8, 4) is 0 Å². The van der Waals surface area contributed by atoms with Gasteiger partial charge in [-0.1, -0.05) is 12.1 Å². The third kappa shape index (κ3) is 3.50. The van der Waals surface area contributed by atoms with Gasteiger partial charge in [0.05, 0.1) is 38.0 Å². The molecule has 2 aromatic rings. The lowest BCUT2D eigenvalue weighted by Gasteiger charge is -2.32. The van der Waals surface area contributed by atoms with Crippen molar-refractivity contribution in [3.63, 3.8) is 0 Å². The Bertz CT molecular complexity index is 767. The fraction of sp³-hybridized carbons (Fsp3) is 0.474. The average molecular weight is 359 g/mol. The van der Waals surface area contributed by atoms with Gasteiger partial charge in [0.25, 0.3) is 5.91 Å². The van der Waals surface area contributed by atoms with Crippen LogP contribution in [0.1, 0.15) is 23.2 Å². The van der Waals surface area contributed by atoms with E-state index in [0.717, 1.165) is 12.8 Å². The molecule has 7 heteroatoms. The Morgan fingerprint density at radius 2 is 2.23 bits per heavy atom. The number of carbonyl (C=O) groups is 1. The number of hydrogen-bond donors (Lipinski definition) is 0. The standard InChI is InChI=1S/C19H22FN3O3/c20-17-5-2-1-4-16(17)18(24)22-10-11-25-14-19(13-22)7-6-15(26-19)12-23-9-3-8-21-23/h1-5,8-9,15H,6-7,10-14H2. The monoisotopic (exact) mass is 359 g/mol. The lowest BCUT2D eigenvalue weighted by molar-refractivity contribution is -0.0881. The minimum absolute atomic E-state index is 0.0296. The fourth-order valence-electron chi connectivity index (χ4n) is 3.75. The zero-order chi connectivity index (χ0) is 18.0. The summed E-state index contributed by atoms with van der Waals surface area (Å²) < 4.78 is 27.9. The van der Waals surface area contributed by atoms with Crippen LogP contribution in [0.3, 0.4) is 0 Å². The summed E-state index contributed by atoms with van der Waals surface area (Å²) in [5, 5.41) is 4.22. The second-order valence-corrected chi connectivity index (χ2v) is 6.95. The van der Waals surface area contributed by atoms with E-state index in [0.29, 0.717) is 32.8 Å². The maximum Gasteiger partial charge on any atom is 0.257 e. The molecule has 0 bridgehead atoms. The fourth-order valence-corrected chi connectivity index (χ4v) is 3.75. The first-order chi connectivity index (χ1) is 12.7. The number of rotatable bonds is 3. The number of benzene rings is 1. The molecular formula is C19H22FN3O3. The van der Waals surface area contributed by atoms with Crippen molar-refractivity contribution in [2.75, 3.05) is 26.3 Å². The third-order valence-electron chi connectivity index (χ3n) is 5.03. The topological polar surface area (TPSA) is 56.6 Å². The number of ether oxygens (including phenoxy) is 2. The van der Waals surface area contributed by atoms with Crippen LogP contribution in [0.15, 0.2) is 42.7 Å². The third-order valence-corrected chi connectivity index (χ3v) is 5.03. The molecule has 2 aliphatic heterocycles. The van der Waals surface area contributed by atoms with E-state index in [9.17, 15) is 9.18 Å². The molecular weight excluding hydrogens is 337 g/mol. The van der Waals surface area contributed by atoms with Crippen molar-refractivity contribution in [2.24, 2.45) is 0 Å². The van der Waals surface area contributed by atoms with Crippen LogP contribution in [0, 0.1) is 5.82 Å². The molecule has 2 aliphatic rings. The maximum absolute atomic E-state index is 14.0. The van der Waals surface area contributed by atoms with E-state index in [-0.39, 0.29) is 17.6 Å². The van der Waals surface area contributed by atoms with Crippen molar-refractivity contribution in [3.05, 3.63) is 54.1 Å². The number of halogens is 1. The quantitative estimate of drug-likeness (QED) is 0.842. The van der Waals surface area contributed by atoms with Crippen LogP contribution < -0.4 is 0 Å². The van der Waals surface area contributed by atoms with Gasteiger partial charge in [-0.15, -0.1) is 0 Å². The molecule has 2 unspecified atom stereocenters. The highest BCUT2D eigenvalue weighted by Crippen LogP contribution is 2.34. The Balaban J connectivity index is 1.48. The van der Waals surface area contributed by atoms with Crippen LogP contribution in [0.25, 0.3) is 0 Å². The molecule has 0 aliphatic carbocycles. The number of carbonyl (C=O) groups excluding carboxylic acids is 1. The molecule has 0 saturated carbocycles. The second-order valence-electron chi connectivity index (χ2n) is 6.95. The molecule has 0 N–H and O–H groups in total. The Kier molecular flexibility index (Phi) is 4.74. The van der Waals surface area contributed by atoms with E-state index >= 15 is 0 Å². The zero-order valence-electron chi connectivity index (χ0n) is 14.5. The van der Waals surface area contributed by atoms with Crippen molar-refractivity contribution in [2.45, 2.75) is 31.1 Å². The van der Waals surface area contributed by atoms with Crippen LogP contribution >= 0.6 is 0 Å². The molecule has 1 aromatic carbocycles.